The zero-order chi connectivity index (χ0) is 28.5. The summed E-state index contributed by atoms with van der Waals surface area (Å²) in [5, 5.41) is 4.12. The van der Waals surface area contributed by atoms with E-state index >= 15 is 0 Å². The quantitative estimate of drug-likeness (QED) is 0.232. The van der Waals surface area contributed by atoms with E-state index in [1.165, 1.54) is 6.42 Å². The predicted octanol–water partition coefficient (Wildman–Crippen LogP) is 7.79. The molecule has 5 nitrogen and oxygen atoms in total. The second-order valence-corrected chi connectivity index (χ2v) is 11.8. The van der Waals surface area contributed by atoms with Gasteiger partial charge in [0.2, 0.25) is 5.91 Å². The molecule has 1 aliphatic carbocycles. The highest BCUT2D eigenvalue weighted by Crippen LogP contribution is 2.29. The fourth-order valence-corrected chi connectivity index (χ4v) is 6.11. The lowest BCUT2D eigenvalue weighted by Gasteiger charge is -2.33. The summed E-state index contributed by atoms with van der Waals surface area (Å²) in [6, 6.07) is 20.1. The molecular weight excluding hydrogens is 611 g/mol. The van der Waals surface area contributed by atoms with Crippen molar-refractivity contribution in [3.8, 4) is 5.75 Å². The molecule has 212 valence electrons. The summed E-state index contributed by atoms with van der Waals surface area (Å²) < 4.78 is 6.75. The first-order chi connectivity index (χ1) is 19.4. The number of hydrogen-bond acceptors (Lipinski definition) is 3. The van der Waals surface area contributed by atoms with E-state index in [2.05, 4.69) is 28.2 Å². The maximum absolute atomic E-state index is 13.9. The Morgan fingerprint density at radius 1 is 0.975 bits per heavy atom. The number of benzene rings is 3. The Morgan fingerprint density at radius 3 is 2.33 bits per heavy atom. The van der Waals surface area contributed by atoms with Gasteiger partial charge in [-0.15, -0.1) is 0 Å². The first-order valence-electron chi connectivity index (χ1n) is 13.8. The van der Waals surface area contributed by atoms with E-state index in [9.17, 15) is 9.59 Å². The molecule has 1 aliphatic rings. The van der Waals surface area contributed by atoms with Gasteiger partial charge in [0.15, 0.2) is 6.61 Å². The minimum Gasteiger partial charge on any atom is -0.483 e. The molecule has 0 heterocycles. The van der Waals surface area contributed by atoms with Crippen molar-refractivity contribution in [1.29, 1.82) is 0 Å². The lowest BCUT2D eigenvalue weighted by molar-refractivity contribution is -0.143. The van der Waals surface area contributed by atoms with Crippen LogP contribution in [0.25, 0.3) is 0 Å². The summed E-state index contributed by atoms with van der Waals surface area (Å²) in [6.07, 6.45) is 6.49. The van der Waals surface area contributed by atoms with Crippen molar-refractivity contribution in [2.45, 2.75) is 70.5 Å². The Bertz CT molecular complexity index is 1280. The number of aryl methyl sites for hydroxylation is 1. The molecular formula is C32H35BrCl2N2O3. The third-order valence-corrected chi connectivity index (χ3v) is 8.70. The van der Waals surface area contributed by atoms with Crippen LogP contribution >= 0.6 is 39.1 Å². The smallest absolute Gasteiger partial charge is 0.261 e. The lowest BCUT2D eigenvalue weighted by Crippen LogP contribution is -2.53. The van der Waals surface area contributed by atoms with Crippen LogP contribution in [-0.4, -0.2) is 35.4 Å². The van der Waals surface area contributed by atoms with Crippen LogP contribution in [0.3, 0.4) is 0 Å². The molecule has 1 atom stereocenters. The molecule has 0 saturated heterocycles. The molecule has 1 N–H and O–H groups in total. The first kappa shape index (κ1) is 30.4. The molecule has 0 radical (unpaired) electrons. The highest BCUT2D eigenvalue weighted by atomic mass is 79.9. The molecule has 0 aliphatic heterocycles. The van der Waals surface area contributed by atoms with Crippen molar-refractivity contribution in [2.24, 2.45) is 0 Å². The Morgan fingerprint density at radius 2 is 1.68 bits per heavy atom. The highest BCUT2D eigenvalue weighted by molar-refractivity contribution is 9.10. The number of halogens is 3. The molecule has 3 aromatic carbocycles. The molecule has 3 aromatic rings. The van der Waals surface area contributed by atoms with E-state index in [1.807, 2.05) is 48.5 Å². The van der Waals surface area contributed by atoms with Crippen LogP contribution in [0.15, 0.2) is 71.2 Å². The van der Waals surface area contributed by atoms with E-state index in [0.717, 1.165) is 47.7 Å². The van der Waals surface area contributed by atoms with E-state index in [0.29, 0.717) is 27.8 Å². The van der Waals surface area contributed by atoms with Gasteiger partial charge in [-0.05, 0) is 70.6 Å². The van der Waals surface area contributed by atoms with Crippen molar-refractivity contribution in [3.05, 3.63) is 97.9 Å². The summed E-state index contributed by atoms with van der Waals surface area (Å²) in [5.74, 6) is 0.0514. The largest absolute Gasteiger partial charge is 0.483 e. The van der Waals surface area contributed by atoms with Crippen molar-refractivity contribution in [3.63, 3.8) is 0 Å². The van der Waals surface area contributed by atoms with Crippen LogP contribution in [0.4, 0.5) is 0 Å². The van der Waals surface area contributed by atoms with E-state index in [-0.39, 0.29) is 31.0 Å². The Kier molecular flexibility index (Phi) is 11.3. The molecule has 0 bridgehead atoms. The minimum absolute atomic E-state index is 0.0756. The number of carbonyl (C=O) groups is 2. The van der Waals surface area contributed by atoms with Gasteiger partial charge < -0.3 is 15.0 Å². The van der Waals surface area contributed by atoms with Gasteiger partial charge in [0, 0.05) is 34.6 Å². The van der Waals surface area contributed by atoms with Crippen LogP contribution < -0.4 is 10.1 Å². The number of rotatable bonds is 11. The van der Waals surface area contributed by atoms with Crippen molar-refractivity contribution >= 4 is 50.9 Å². The maximum Gasteiger partial charge on any atom is 0.261 e. The Labute approximate surface area is 255 Å². The molecule has 2 amide bonds. The molecule has 4 rings (SSSR count). The number of nitrogens with zero attached hydrogens (tertiary/aromatic N) is 1. The molecule has 40 heavy (non-hydrogen) atoms. The van der Waals surface area contributed by atoms with Crippen LogP contribution in [0.5, 0.6) is 5.75 Å². The van der Waals surface area contributed by atoms with Gasteiger partial charge in [-0.2, -0.15) is 0 Å². The second kappa shape index (κ2) is 14.9. The fraction of sp³-hybridized carbons (Fsp3) is 0.375. The zero-order valence-corrected chi connectivity index (χ0v) is 25.8. The van der Waals surface area contributed by atoms with Crippen molar-refractivity contribution in [2.75, 3.05) is 6.61 Å². The highest BCUT2D eigenvalue weighted by Gasteiger charge is 2.33. The summed E-state index contributed by atoms with van der Waals surface area (Å²) in [4.78, 5) is 29.4. The Hall–Kier alpha value is -2.54. The average Bonchev–Trinajstić information content (AvgIpc) is 2.96. The average molecular weight is 646 g/mol. The number of amides is 2. The fourth-order valence-electron chi connectivity index (χ4n) is 5.06. The van der Waals surface area contributed by atoms with Gasteiger partial charge in [-0.3, -0.25) is 9.59 Å². The summed E-state index contributed by atoms with van der Waals surface area (Å²) >= 11 is 16.6. The second-order valence-electron chi connectivity index (χ2n) is 10.2. The zero-order valence-electron chi connectivity index (χ0n) is 22.7. The lowest BCUT2D eigenvalue weighted by atomic mass is 9.94. The van der Waals surface area contributed by atoms with Gasteiger partial charge in [-0.1, -0.05) is 91.9 Å². The number of ether oxygens (including phenoxy) is 1. The van der Waals surface area contributed by atoms with Crippen LogP contribution in [0.1, 0.15) is 55.7 Å². The van der Waals surface area contributed by atoms with Gasteiger partial charge in [0.1, 0.15) is 11.8 Å². The summed E-state index contributed by atoms with van der Waals surface area (Å²) in [5.41, 5.74) is 2.70. The van der Waals surface area contributed by atoms with Crippen molar-refractivity contribution in [1.82, 2.24) is 10.2 Å². The monoisotopic (exact) mass is 644 g/mol. The van der Waals surface area contributed by atoms with Crippen LogP contribution in [0.2, 0.25) is 10.0 Å². The normalized spacial score (nSPS) is 14.4. The molecule has 1 fully saturated rings. The van der Waals surface area contributed by atoms with Gasteiger partial charge in [0.25, 0.3) is 5.91 Å². The molecule has 0 spiro atoms. The summed E-state index contributed by atoms with van der Waals surface area (Å²) in [7, 11) is 0. The standard InChI is InChI=1S/C32H35BrCl2N2O3/c1-2-22-16-17-30(26(33)18-22)40-21-31(38)37(20-25-27(34)14-9-15-28(25)35)29(19-23-10-5-3-6-11-23)32(39)36-24-12-7-4-8-13-24/h3,5-6,9-11,14-18,24,29H,2,4,7-8,12-13,19-21H2,1H3,(H,36,39). The SMILES string of the molecule is CCc1ccc(OCC(=O)N(Cc2c(Cl)cccc2Cl)C(Cc2ccccc2)C(=O)NC2CCCCC2)c(Br)c1. The van der Waals surface area contributed by atoms with Crippen molar-refractivity contribution < 1.29 is 14.3 Å². The molecule has 8 heteroatoms. The number of carbonyl (C=O) groups excluding carboxylic acids is 2. The number of nitrogens with one attached hydrogen (secondary N) is 1. The van der Waals surface area contributed by atoms with E-state index in [4.69, 9.17) is 27.9 Å². The summed E-state index contributed by atoms with van der Waals surface area (Å²) in [6.45, 7) is 1.91. The third-order valence-electron chi connectivity index (χ3n) is 7.37. The molecule has 1 unspecified atom stereocenters. The van der Waals surface area contributed by atoms with Gasteiger partial charge >= 0.3 is 0 Å². The molecule has 0 aromatic heterocycles. The minimum atomic E-state index is -0.779. The third kappa shape index (κ3) is 8.25. The topological polar surface area (TPSA) is 58.6 Å². The Balaban J connectivity index is 1.65. The predicted molar refractivity (Wildman–Crippen MR) is 165 cm³/mol. The first-order valence-corrected chi connectivity index (χ1v) is 15.4. The van der Waals surface area contributed by atoms with E-state index < -0.39 is 6.04 Å². The molecule has 1 saturated carbocycles. The van der Waals surface area contributed by atoms with E-state index in [1.54, 1.807) is 23.1 Å². The van der Waals surface area contributed by atoms with Crippen LogP contribution in [-0.2, 0) is 29.0 Å². The maximum atomic E-state index is 13.9. The van der Waals surface area contributed by atoms with Crippen LogP contribution in [0, 0.1) is 0 Å². The van der Waals surface area contributed by atoms with Gasteiger partial charge in [-0.25, -0.2) is 0 Å². The number of hydrogen-bond donors (Lipinski definition) is 1. The van der Waals surface area contributed by atoms with Gasteiger partial charge in [0.05, 0.1) is 4.47 Å².